The van der Waals surface area contributed by atoms with Crippen molar-refractivity contribution in [3.05, 3.63) is 65.5 Å². The lowest BCUT2D eigenvalue weighted by atomic mass is 9.97. The van der Waals surface area contributed by atoms with Crippen LogP contribution >= 0.6 is 0 Å². The van der Waals surface area contributed by atoms with Crippen molar-refractivity contribution in [1.29, 1.82) is 0 Å². The van der Waals surface area contributed by atoms with E-state index in [0.29, 0.717) is 38.0 Å². The summed E-state index contributed by atoms with van der Waals surface area (Å²) in [7, 11) is -3.49. The van der Waals surface area contributed by atoms with E-state index in [1.54, 1.807) is 0 Å². The first-order valence-electron chi connectivity index (χ1n) is 11.5. The maximum absolute atomic E-state index is 13.0. The lowest BCUT2D eigenvalue weighted by molar-refractivity contribution is -0.126. The monoisotopic (exact) mass is 476 g/mol. The summed E-state index contributed by atoms with van der Waals surface area (Å²) in [5.74, 6) is 0.125. The summed E-state index contributed by atoms with van der Waals surface area (Å²) in [4.78, 5) is 12.5. The van der Waals surface area contributed by atoms with E-state index in [-0.39, 0.29) is 23.7 Å². The number of amides is 1. The number of rotatable bonds is 10. The van der Waals surface area contributed by atoms with E-state index in [4.69, 9.17) is 4.74 Å². The highest BCUT2D eigenvalue weighted by Gasteiger charge is 2.31. The van der Waals surface area contributed by atoms with Crippen molar-refractivity contribution in [2.24, 2.45) is 5.92 Å². The average Bonchev–Trinajstić information content (AvgIpc) is 2.79. The van der Waals surface area contributed by atoms with Gasteiger partial charge in [0.2, 0.25) is 15.9 Å². The Balaban J connectivity index is 1.37. The minimum Gasteiger partial charge on any atom is -0.491 e. The topological polar surface area (TPSA) is 75.7 Å². The van der Waals surface area contributed by atoms with E-state index in [9.17, 15) is 17.6 Å². The Bertz CT molecular complexity index is 1000. The highest BCUT2D eigenvalue weighted by Crippen LogP contribution is 2.22. The summed E-state index contributed by atoms with van der Waals surface area (Å²) in [6.07, 6.45) is 2.86. The number of carbonyl (C=O) groups is 1. The number of halogens is 1. The quantitative estimate of drug-likeness (QED) is 0.528. The molecule has 0 saturated carbocycles. The van der Waals surface area contributed by atoms with Crippen LogP contribution in [0.4, 0.5) is 4.39 Å². The molecule has 2 aromatic rings. The van der Waals surface area contributed by atoms with Crippen LogP contribution in [0.5, 0.6) is 5.75 Å². The van der Waals surface area contributed by atoms with E-state index in [1.807, 2.05) is 38.1 Å². The number of hydrogen-bond acceptors (Lipinski definition) is 4. The number of piperidine rings is 1. The molecule has 0 aromatic heterocycles. The predicted octanol–water partition coefficient (Wildman–Crippen LogP) is 3.90. The number of carbonyl (C=O) groups excluding carboxylic acids is 1. The van der Waals surface area contributed by atoms with Gasteiger partial charge < -0.3 is 10.1 Å². The molecule has 1 N–H and O–H groups in total. The van der Waals surface area contributed by atoms with Gasteiger partial charge in [-0.25, -0.2) is 17.1 Å². The number of benzene rings is 2. The molecule has 6 nitrogen and oxygen atoms in total. The maximum Gasteiger partial charge on any atom is 0.223 e. The molecule has 0 unspecified atom stereocenters. The van der Waals surface area contributed by atoms with Gasteiger partial charge in [0.1, 0.15) is 11.6 Å². The van der Waals surface area contributed by atoms with Crippen molar-refractivity contribution < 1.29 is 22.3 Å². The van der Waals surface area contributed by atoms with Crippen molar-refractivity contribution >= 4 is 15.9 Å². The minimum atomic E-state index is -3.49. The van der Waals surface area contributed by atoms with Crippen molar-refractivity contribution in [2.45, 2.75) is 51.4 Å². The molecule has 0 spiro atoms. The molecular weight excluding hydrogens is 443 g/mol. The second kappa shape index (κ2) is 11.6. The number of nitrogens with zero attached hydrogens (tertiary/aromatic N) is 1. The number of ether oxygens (including phenoxy) is 1. The van der Waals surface area contributed by atoms with Crippen LogP contribution in [-0.2, 0) is 27.0 Å². The fourth-order valence-electron chi connectivity index (χ4n) is 3.93. The van der Waals surface area contributed by atoms with Crippen LogP contribution in [-0.4, -0.2) is 44.4 Å². The van der Waals surface area contributed by atoms with Crippen LogP contribution in [0.15, 0.2) is 48.5 Å². The van der Waals surface area contributed by atoms with Gasteiger partial charge in [-0.15, -0.1) is 0 Å². The molecule has 8 heteroatoms. The van der Waals surface area contributed by atoms with Crippen LogP contribution in [0.2, 0.25) is 0 Å². The summed E-state index contributed by atoms with van der Waals surface area (Å²) in [6, 6.07) is 13.5. The van der Waals surface area contributed by atoms with Gasteiger partial charge in [-0.2, -0.15) is 0 Å². The van der Waals surface area contributed by atoms with E-state index >= 15 is 0 Å². The van der Waals surface area contributed by atoms with Gasteiger partial charge in [0.05, 0.1) is 11.9 Å². The molecule has 0 atom stereocenters. The number of sulfonamides is 1. The molecule has 180 valence electrons. The Morgan fingerprint density at radius 1 is 1.06 bits per heavy atom. The Morgan fingerprint density at radius 3 is 2.27 bits per heavy atom. The third-order valence-electron chi connectivity index (χ3n) is 5.72. The molecule has 2 aromatic carbocycles. The standard InChI is InChI=1S/C25H33FN2O4S/c1-19(2)32-24-11-7-20(8-12-24)4-3-15-27-25(29)22-13-16-28(17-14-22)33(30,31)18-21-5-9-23(26)10-6-21/h5-12,19,22H,3-4,13-18H2,1-2H3,(H,27,29). The largest absolute Gasteiger partial charge is 0.491 e. The molecule has 3 rings (SSSR count). The third kappa shape index (κ3) is 7.82. The summed E-state index contributed by atoms with van der Waals surface area (Å²) >= 11 is 0. The molecule has 0 radical (unpaired) electrons. The van der Waals surface area contributed by atoms with Gasteiger partial charge in [0.25, 0.3) is 0 Å². The first kappa shape index (κ1) is 25.2. The SMILES string of the molecule is CC(C)Oc1ccc(CCCNC(=O)C2CCN(S(=O)(=O)Cc3ccc(F)cc3)CC2)cc1. The van der Waals surface area contributed by atoms with Gasteiger partial charge in [0.15, 0.2) is 0 Å². The summed E-state index contributed by atoms with van der Waals surface area (Å²) < 4.78 is 45.4. The van der Waals surface area contributed by atoms with E-state index < -0.39 is 15.8 Å². The fourth-order valence-corrected chi connectivity index (χ4v) is 5.50. The van der Waals surface area contributed by atoms with Crippen LogP contribution in [0.1, 0.15) is 44.2 Å². The first-order chi connectivity index (χ1) is 15.7. The predicted molar refractivity (Wildman–Crippen MR) is 127 cm³/mol. The lowest BCUT2D eigenvalue weighted by Gasteiger charge is -2.30. The first-order valence-corrected chi connectivity index (χ1v) is 13.1. The maximum atomic E-state index is 13.0. The Labute approximate surface area is 196 Å². The summed E-state index contributed by atoms with van der Waals surface area (Å²) in [5.41, 5.74) is 1.75. The van der Waals surface area contributed by atoms with Crippen molar-refractivity contribution in [3.63, 3.8) is 0 Å². The summed E-state index contributed by atoms with van der Waals surface area (Å²) in [6.45, 7) is 5.23. The number of hydrogen-bond donors (Lipinski definition) is 1. The molecule has 1 heterocycles. The second-order valence-corrected chi connectivity index (χ2v) is 10.7. The zero-order valence-corrected chi connectivity index (χ0v) is 20.1. The second-order valence-electron chi connectivity index (χ2n) is 8.76. The van der Waals surface area contributed by atoms with Gasteiger partial charge in [-0.3, -0.25) is 4.79 Å². The smallest absolute Gasteiger partial charge is 0.223 e. The fraction of sp³-hybridized carbons (Fsp3) is 0.480. The molecule has 1 fully saturated rings. The average molecular weight is 477 g/mol. The zero-order valence-electron chi connectivity index (χ0n) is 19.3. The van der Waals surface area contributed by atoms with Crippen molar-refractivity contribution in [2.75, 3.05) is 19.6 Å². The van der Waals surface area contributed by atoms with E-state index in [0.717, 1.165) is 18.6 Å². The molecule has 0 bridgehead atoms. The van der Waals surface area contributed by atoms with Crippen molar-refractivity contribution in [1.82, 2.24) is 9.62 Å². The van der Waals surface area contributed by atoms with Crippen LogP contribution in [0.25, 0.3) is 0 Å². The van der Waals surface area contributed by atoms with E-state index in [1.165, 1.54) is 34.1 Å². The summed E-state index contributed by atoms with van der Waals surface area (Å²) in [5, 5.41) is 2.99. The van der Waals surface area contributed by atoms with Gasteiger partial charge in [0, 0.05) is 25.6 Å². The van der Waals surface area contributed by atoms with Crippen LogP contribution in [0, 0.1) is 11.7 Å². The highest BCUT2D eigenvalue weighted by molar-refractivity contribution is 7.88. The van der Waals surface area contributed by atoms with Crippen molar-refractivity contribution in [3.8, 4) is 5.75 Å². The highest BCUT2D eigenvalue weighted by atomic mass is 32.2. The lowest BCUT2D eigenvalue weighted by Crippen LogP contribution is -2.43. The molecule has 0 aliphatic carbocycles. The van der Waals surface area contributed by atoms with Gasteiger partial charge in [-0.05, 0) is 74.9 Å². The molecule has 33 heavy (non-hydrogen) atoms. The van der Waals surface area contributed by atoms with Gasteiger partial charge in [-0.1, -0.05) is 24.3 Å². The van der Waals surface area contributed by atoms with Crippen LogP contribution < -0.4 is 10.1 Å². The normalized spacial score (nSPS) is 15.5. The van der Waals surface area contributed by atoms with E-state index in [2.05, 4.69) is 5.32 Å². The molecule has 1 aliphatic rings. The molecule has 1 amide bonds. The number of aryl methyl sites for hydroxylation is 1. The Morgan fingerprint density at radius 2 is 1.67 bits per heavy atom. The van der Waals surface area contributed by atoms with Crippen LogP contribution in [0.3, 0.4) is 0 Å². The van der Waals surface area contributed by atoms with Gasteiger partial charge >= 0.3 is 0 Å². The Hall–Kier alpha value is -2.45. The minimum absolute atomic E-state index is 0.00809. The molecule has 1 saturated heterocycles. The number of nitrogens with one attached hydrogen (secondary N) is 1. The molecule has 1 aliphatic heterocycles. The zero-order chi connectivity index (χ0) is 23.8. The third-order valence-corrected chi connectivity index (χ3v) is 7.57. The Kier molecular flexibility index (Phi) is 8.86. The molecular formula is C25H33FN2O4S.